The predicted octanol–water partition coefficient (Wildman–Crippen LogP) is 1.43. The number of hydrogen-bond acceptors (Lipinski definition) is 4. The Labute approximate surface area is 100 Å². The van der Waals surface area contributed by atoms with Crippen molar-refractivity contribution in [2.24, 2.45) is 0 Å². The van der Waals surface area contributed by atoms with Crippen molar-refractivity contribution in [3.8, 4) is 0 Å². The Hall–Kier alpha value is -1.43. The highest BCUT2D eigenvalue weighted by atomic mass is 32.2. The van der Waals surface area contributed by atoms with Gasteiger partial charge in [0.05, 0.1) is 5.69 Å². The smallest absolute Gasteiger partial charge is 0.194 e. The summed E-state index contributed by atoms with van der Waals surface area (Å²) in [6, 6.07) is 0. The summed E-state index contributed by atoms with van der Waals surface area (Å²) in [5.74, 6) is 0. The average molecular weight is 253 g/mol. The van der Waals surface area contributed by atoms with E-state index in [9.17, 15) is 8.42 Å². The fraction of sp³-hybridized carbons (Fsp3) is 0.455. The van der Waals surface area contributed by atoms with Crippen molar-refractivity contribution in [2.75, 3.05) is 6.26 Å². The molecule has 17 heavy (non-hydrogen) atoms. The summed E-state index contributed by atoms with van der Waals surface area (Å²) < 4.78 is 24.9. The van der Waals surface area contributed by atoms with Gasteiger partial charge in [-0.05, 0) is 0 Å². The number of hydrogen-bond donors (Lipinski definition) is 0. The van der Waals surface area contributed by atoms with E-state index in [1.807, 2.05) is 20.8 Å². The third-order valence-electron chi connectivity index (χ3n) is 2.44. The van der Waals surface area contributed by atoms with E-state index >= 15 is 0 Å². The van der Waals surface area contributed by atoms with E-state index in [0.29, 0.717) is 11.3 Å². The number of imidazole rings is 1. The molecule has 5 nitrogen and oxygen atoms in total. The van der Waals surface area contributed by atoms with Crippen molar-refractivity contribution < 1.29 is 8.42 Å². The molecule has 0 N–H and O–H groups in total. The molecule has 2 rings (SSSR count). The number of fused-ring (bicyclic) bond motifs is 1. The Morgan fingerprint density at radius 3 is 2.47 bits per heavy atom. The molecule has 0 aliphatic rings. The monoisotopic (exact) mass is 253 g/mol. The van der Waals surface area contributed by atoms with E-state index in [0.717, 1.165) is 6.26 Å². The molecule has 2 aromatic heterocycles. The van der Waals surface area contributed by atoms with Gasteiger partial charge in [0.1, 0.15) is 0 Å². The van der Waals surface area contributed by atoms with Crippen LogP contribution in [0.15, 0.2) is 23.6 Å². The fourth-order valence-corrected chi connectivity index (χ4v) is 2.15. The zero-order valence-electron chi connectivity index (χ0n) is 10.3. The Morgan fingerprint density at radius 2 is 1.94 bits per heavy atom. The van der Waals surface area contributed by atoms with E-state index in [1.165, 1.54) is 6.20 Å². The highest BCUT2D eigenvalue weighted by Gasteiger charge is 2.23. The van der Waals surface area contributed by atoms with Gasteiger partial charge in [0.2, 0.25) is 0 Å². The van der Waals surface area contributed by atoms with Gasteiger partial charge in [0, 0.05) is 30.3 Å². The van der Waals surface area contributed by atoms with E-state index in [4.69, 9.17) is 0 Å². The number of nitrogens with zero attached hydrogens (tertiary/aromatic N) is 3. The molecule has 92 valence electrons. The van der Waals surface area contributed by atoms with Gasteiger partial charge in [-0.2, -0.15) is 0 Å². The van der Waals surface area contributed by atoms with Crippen LogP contribution in [0.1, 0.15) is 26.5 Å². The molecule has 0 aliphatic heterocycles. The van der Waals surface area contributed by atoms with Gasteiger partial charge in [-0.3, -0.25) is 0 Å². The molecular weight excluding hydrogens is 238 g/mol. The predicted molar refractivity (Wildman–Crippen MR) is 64.8 cm³/mol. The Bertz CT molecular complexity index is 666. The van der Waals surface area contributed by atoms with Crippen LogP contribution in [-0.4, -0.2) is 29.0 Å². The van der Waals surface area contributed by atoms with Crippen molar-refractivity contribution in [1.29, 1.82) is 0 Å². The van der Waals surface area contributed by atoms with Crippen LogP contribution in [0.2, 0.25) is 0 Å². The van der Waals surface area contributed by atoms with Gasteiger partial charge in [-0.25, -0.2) is 18.4 Å². The Morgan fingerprint density at radius 1 is 1.29 bits per heavy atom. The molecule has 0 spiro atoms. The molecular formula is C11H15N3O2S. The van der Waals surface area contributed by atoms with Gasteiger partial charge in [-0.1, -0.05) is 20.8 Å². The summed E-state index contributed by atoms with van der Waals surface area (Å²) in [6.45, 7) is 5.95. The maximum atomic E-state index is 11.6. The van der Waals surface area contributed by atoms with E-state index in [-0.39, 0.29) is 10.4 Å². The van der Waals surface area contributed by atoms with E-state index < -0.39 is 9.84 Å². The van der Waals surface area contributed by atoms with Crippen LogP contribution in [0.4, 0.5) is 0 Å². The molecule has 0 aliphatic carbocycles. The Kier molecular flexibility index (Phi) is 2.50. The number of aromatic nitrogens is 3. The molecule has 0 aromatic carbocycles. The number of rotatable bonds is 1. The lowest BCUT2D eigenvalue weighted by Gasteiger charge is -2.19. The van der Waals surface area contributed by atoms with Crippen LogP contribution in [0, 0.1) is 0 Å². The fourth-order valence-electron chi connectivity index (χ4n) is 1.59. The minimum atomic E-state index is -3.31. The van der Waals surface area contributed by atoms with Crippen LogP contribution >= 0.6 is 0 Å². The third-order valence-corrected chi connectivity index (χ3v) is 3.40. The Balaban J connectivity index is 2.86. The molecule has 0 amide bonds. The van der Waals surface area contributed by atoms with Crippen molar-refractivity contribution >= 4 is 15.5 Å². The van der Waals surface area contributed by atoms with Gasteiger partial charge in [-0.15, -0.1) is 0 Å². The molecule has 2 heterocycles. The molecule has 2 aromatic rings. The van der Waals surface area contributed by atoms with Gasteiger partial charge in [0.25, 0.3) is 0 Å². The first-order valence-corrected chi connectivity index (χ1v) is 7.13. The normalized spacial score (nSPS) is 13.2. The van der Waals surface area contributed by atoms with Gasteiger partial charge >= 0.3 is 0 Å². The maximum Gasteiger partial charge on any atom is 0.194 e. The largest absolute Gasteiger partial charge is 0.303 e. The van der Waals surface area contributed by atoms with Crippen LogP contribution < -0.4 is 0 Å². The molecule has 0 radical (unpaired) electrons. The molecule has 6 heteroatoms. The standard InChI is InChI=1S/C11H15N3O2S/c1-11(2,3)9-10-12-5-6-14(10)7-8(13-9)17(4,15)16/h5-7H,1-4H3. The van der Waals surface area contributed by atoms with Crippen LogP contribution in [-0.2, 0) is 15.3 Å². The second-order valence-electron chi connectivity index (χ2n) is 5.11. The topological polar surface area (TPSA) is 64.3 Å². The zero-order valence-corrected chi connectivity index (χ0v) is 11.1. The molecule has 0 atom stereocenters. The first-order valence-electron chi connectivity index (χ1n) is 5.24. The van der Waals surface area contributed by atoms with Gasteiger partial charge < -0.3 is 4.40 Å². The van der Waals surface area contributed by atoms with Crippen LogP contribution in [0.25, 0.3) is 5.65 Å². The summed E-state index contributed by atoms with van der Waals surface area (Å²) in [5.41, 5.74) is 1.13. The maximum absolute atomic E-state index is 11.6. The minimum Gasteiger partial charge on any atom is -0.303 e. The summed E-state index contributed by atoms with van der Waals surface area (Å²) in [6.07, 6.45) is 6.01. The zero-order chi connectivity index (χ0) is 12.8. The summed E-state index contributed by atoms with van der Waals surface area (Å²) in [7, 11) is -3.31. The highest BCUT2D eigenvalue weighted by molar-refractivity contribution is 7.90. The van der Waals surface area contributed by atoms with E-state index in [1.54, 1.807) is 16.8 Å². The van der Waals surface area contributed by atoms with Crippen LogP contribution in [0.3, 0.4) is 0 Å². The average Bonchev–Trinajstić information content (AvgIpc) is 2.59. The van der Waals surface area contributed by atoms with Crippen molar-refractivity contribution in [1.82, 2.24) is 14.4 Å². The van der Waals surface area contributed by atoms with Crippen molar-refractivity contribution in [2.45, 2.75) is 31.2 Å². The van der Waals surface area contributed by atoms with Crippen molar-refractivity contribution in [3.63, 3.8) is 0 Å². The summed E-state index contributed by atoms with van der Waals surface area (Å²) >= 11 is 0. The van der Waals surface area contributed by atoms with Crippen molar-refractivity contribution in [3.05, 3.63) is 24.3 Å². The lowest BCUT2D eigenvalue weighted by molar-refractivity contribution is 0.557. The molecule has 0 saturated heterocycles. The first-order chi connectivity index (χ1) is 7.69. The molecule has 0 unspecified atom stereocenters. The van der Waals surface area contributed by atoms with Crippen LogP contribution in [0.5, 0.6) is 0 Å². The van der Waals surface area contributed by atoms with Gasteiger partial charge in [0.15, 0.2) is 20.5 Å². The SMILES string of the molecule is CC(C)(C)c1nc(S(C)(=O)=O)cn2ccnc12. The second kappa shape index (κ2) is 3.53. The third kappa shape index (κ3) is 2.17. The summed E-state index contributed by atoms with van der Waals surface area (Å²) in [5, 5.41) is 0.0768. The van der Waals surface area contributed by atoms with E-state index in [2.05, 4.69) is 9.97 Å². The minimum absolute atomic E-state index is 0.0768. The lowest BCUT2D eigenvalue weighted by atomic mass is 9.92. The second-order valence-corrected chi connectivity index (χ2v) is 7.07. The molecule has 0 saturated carbocycles. The first kappa shape index (κ1) is 12.0. The molecule has 0 bridgehead atoms. The summed E-state index contributed by atoms with van der Waals surface area (Å²) in [4.78, 5) is 8.46. The highest BCUT2D eigenvalue weighted by Crippen LogP contribution is 2.25. The number of sulfone groups is 1. The lowest BCUT2D eigenvalue weighted by Crippen LogP contribution is -2.18. The molecule has 0 fully saturated rings. The quantitative estimate of drug-likeness (QED) is 0.771.